The van der Waals surface area contributed by atoms with Crippen molar-refractivity contribution < 1.29 is 0 Å². The van der Waals surface area contributed by atoms with Crippen molar-refractivity contribution in [1.29, 1.82) is 0 Å². The molecule has 0 radical (unpaired) electrons. The van der Waals surface area contributed by atoms with Crippen LogP contribution in [0, 0.1) is 6.92 Å². The lowest BCUT2D eigenvalue weighted by Gasteiger charge is -2.17. The van der Waals surface area contributed by atoms with Gasteiger partial charge in [-0.1, -0.05) is 55.5 Å². The molecular formula is C31H26N8. The molecule has 3 aromatic heterocycles. The maximum Gasteiger partial charge on any atom is 0.180 e. The van der Waals surface area contributed by atoms with E-state index in [1.54, 1.807) is 0 Å². The van der Waals surface area contributed by atoms with Crippen molar-refractivity contribution in [3.05, 3.63) is 96.3 Å². The van der Waals surface area contributed by atoms with E-state index in [0.29, 0.717) is 5.82 Å². The van der Waals surface area contributed by atoms with Crippen molar-refractivity contribution in [2.75, 3.05) is 0 Å². The van der Waals surface area contributed by atoms with Crippen molar-refractivity contribution in [3.8, 4) is 39.6 Å². The number of aromatic amines is 1. The molecular weight excluding hydrogens is 484 g/mol. The number of aryl methyl sites for hydroxylation is 2. The zero-order valence-corrected chi connectivity index (χ0v) is 21.9. The fraction of sp³-hybridized carbons (Fsp3) is 0.129. The Morgan fingerprint density at radius 1 is 0.769 bits per heavy atom. The van der Waals surface area contributed by atoms with Crippen LogP contribution in [0.15, 0.2) is 84.9 Å². The van der Waals surface area contributed by atoms with E-state index >= 15 is 0 Å². The van der Waals surface area contributed by atoms with Gasteiger partial charge < -0.3 is 4.57 Å². The van der Waals surface area contributed by atoms with Crippen molar-refractivity contribution in [3.63, 3.8) is 0 Å². The zero-order valence-electron chi connectivity index (χ0n) is 21.9. The minimum atomic E-state index is 0.643. The molecule has 0 spiro atoms. The summed E-state index contributed by atoms with van der Waals surface area (Å²) in [5.41, 5.74) is 10.6. The second-order valence-corrected chi connectivity index (χ2v) is 9.65. The number of benzene rings is 4. The molecule has 0 atom stereocenters. The summed E-state index contributed by atoms with van der Waals surface area (Å²) in [6, 6.07) is 29.3. The fourth-order valence-corrected chi connectivity index (χ4v) is 5.53. The number of rotatable bonds is 5. The van der Waals surface area contributed by atoms with Gasteiger partial charge in [0.15, 0.2) is 5.82 Å². The number of para-hydroxylation sites is 2. The lowest BCUT2D eigenvalue weighted by atomic mass is 9.94. The number of fused-ring (bicyclic) bond motifs is 2. The van der Waals surface area contributed by atoms with Crippen LogP contribution in [0.5, 0.6) is 0 Å². The summed E-state index contributed by atoms with van der Waals surface area (Å²) in [4.78, 5) is 9.95. The highest BCUT2D eigenvalue weighted by molar-refractivity contribution is 5.88. The third-order valence-corrected chi connectivity index (χ3v) is 7.45. The van der Waals surface area contributed by atoms with Crippen LogP contribution < -0.4 is 0 Å². The number of H-pyrrole nitrogens is 1. The fourth-order valence-electron chi connectivity index (χ4n) is 5.53. The smallest absolute Gasteiger partial charge is 0.180 e. The molecule has 0 fully saturated rings. The van der Waals surface area contributed by atoms with Crippen molar-refractivity contribution in [2.24, 2.45) is 7.05 Å². The molecule has 7 aromatic rings. The monoisotopic (exact) mass is 510 g/mol. The summed E-state index contributed by atoms with van der Waals surface area (Å²) in [5.74, 6) is 2.59. The quantitative estimate of drug-likeness (QED) is 0.294. The van der Waals surface area contributed by atoms with Gasteiger partial charge in [0.2, 0.25) is 0 Å². The molecule has 0 aliphatic carbocycles. The van der Waals surface area contributed by atoms with E-state index in [4.69, 9.17) is 9.97 Å². The van der Waals surface area contributed by atoms with E-state index < -0.39 is 0 Å². The Morgan fingerprint density at radius 3 is 2.33 bits per heavy atom. The topological polar surface area (TPSA) is 90.1 Å². The van der Waals surface area contributed by atoms with Crippen LogP contribution in [-0.2, 0) is 13.5 Å². The highest BCUT2D eigenvalue weighted by Gasteiger charge is 2.19. The number of nitrogens with zero attached hydrogens (tertiary/aromatic N) is 7. The molecule has 0 saturated heterocycles. The first-order valence-electron chi connectivity index (χ1n) is 13.0. The van der Waals surface area contributed by atoms with Gasteiger partial charge in [-0.2, -0.15) is 0 Å². The normalized spacial score (nSPS) is 11.6. The molecule has 190 valence electrons. The number of tetrazole rings is 1. The first kappa shape index (κ1) is 23.0. The predicted molar refractivity (Wildman–Crippen MR) is 154 cm³/mol. The second-order valence-electron chi connectivity index (χ2n) is 9.65. The minimum Gasteiger partial charge on any atom is -0.327 e. The molecule has 8 nitrogen and oxygen atoms in total. The lowest BCUT2D eigenvalue weighted by molar-refractivity contribution is 0.881. The van der Waals surface area contributed by atoms with Crippen LogP contribution in [0.4, 0.5) is 0 Å². The molecule has 3 heterocycles. The molecule has 0 unspecified atom stereocenters. The maximum absolute atomic E-state index is 5.01. The van der Waals surface area contributed by atoms with E-state index in [1.165, 1.54) is 0 Å². The van der Waals surface area contributed by atoms with E-state index in [-0.39, 0.29) is 0 Å². The van der Waals surface area contributed by atoms with E-state index in [0.717, 1.165) is 73.6 Å². The van der Waals surface area contributed by atoms with Gasteiger partial charge in [0.1, 0.15) is 11.6 Å². The SMILES string of the molecule is CCc1nc2ccc(-c3nc4ccccc4n3C)cc2n1-c1cccc(-c2ccccc2-c2nnn[nH]2)c1C. The van der Waals surface area contributed by atoms with Gasteiger partial charge in [-0.05, 0) is 70.4 Å². The Kier molecular flexibility index (Phi) is 5.33. The first-order valence-corrected chi connectivity index (χ1v) is 13.0. The van der Waals surface area contributed by atoms with Crippen LogP contribution in [0.2, 0.25) is 0 Å². The number of imidazole rings is 2. The predicted octanol–water partition coefficient (Wildman–Crippen LogP) is 6.30. The third kappa shape index (κ3) is 3.64. The summed E-state index contributed by atoms with van der Waals surface area (Å²) < 4.78 is 4.44. The minimum absolute atomic E-state index is 0.643. The standard InChI is InChI=1S/C31H26N8/c1-4-29-32-25-17-16-20(31-33-24-13-7-8-14-27(24)38(31)3)18-28(25)39(29)26-15-9-12-21(19(26)2)22-10-5-6-11-23(22)30-34-36-37-35-30/h5-18H,4H2,1-3H3,(H,34,35,36,37). The highest BCUT2D eigenvalue weighted by atomic mass is 15.5. The molecule has 0 amide bonds. The van der Waals surface area contributed by atoms with Crippen LogP contribution in [-0.4, -0.2) is 39.7 Å². The number of hydrogen-bond donors (Lipinski definition) is 1. The molecule has 0 bridgehead atoms. The average molecular weight is 511 g/mol. The van der Waals surface area contributed by atoms with Gasteiger partial charge in [-0.15, -0.1) is 5.10 Å². The van der Waals surface area contributed by atoms with Gasteiger partial charge in [-0.25, -0.2) is 15.1 Å². The summed E-state index contributed by atoms with van der Waals surface area (Å²) in [7, 11) is 2.07. The number of nitrogens with one attached hydrogen (secondary N) is 1. The van der Waals surface area contributed by atoms with Gasteiger partial charge >= 0.3 is 0 Å². The molecule has 0 saturated carbocycles. The van der Waals surface area contributed by atoms with E-state index in [2.05, 4.69) is 105 Å². The van der Waals surface area contributed by atoms with E-state index in [9.17, 15) is 0 Å². The van der Waals surface area contributed by atoms with Crippen LogP contribution >= 0.6 is 0 Å². The molecule has 39 heavy (non-hydrogen) atoms. The van der Waals surface area contributed by atoms with Crippen LogP contribution in [0.25, 0.3) is 61.7 Å². The summed E-state index contributed by atoms with van der Waals surface area (Å²) >= 11 is 0. The van der Waals surface area contributed by atoms with Gasteiger partial charge in [0.05, 0.1) is 27.8 Å². The Balaban J connectivity index is 1.43. The van der Waals surface area contributed by atoms with Crippen molar-refractivity contribution >= 4 is 22.1 Å². The van der Waals surface area contributed by atoms with Gasteiger partial charge in [-0.3, -0.25) is 4.57 Å². The average Bonchev–Trinajstić information content (AvgIpc) is 3.71. The van der Waals surface area contributed by atoms with Crippen LogP contribution in [0.1, 0.15) is 18.3 Å². The summed E-state index contributed by atoms with van der Waals surface area (Å²) in [6.07, 6.45) is 0.806. The maximum atomic E-state index is 5.01. The molecule has 8 heteroatoms. The van der Waals surface area contributed by atoms with E-state index in [1.807, 2.05) is 30.3 Å². The first-order chi connectivity index (χ1) is 19.1. The Hall–Kier alpha value is -5.11. The molecule has 0 aliphatic heterocycles. The zero-order chi connectivity index (χ0) is 26.5. The third-order valence-electron chi connectivity index (χ3n) is 7.45. The second kappa shape index (κ2) is 9.02. The van der Waals surface area contributed by atoms with Crippen molar-refractivity contribution in [2.45, 2.75) is 20.3 Å². The lowest BCUT2D eigenvalue weighted by Crippen LogP contribution is -2.04. The molecule has 7 rings (SSSR count). The largest absolute Gasteiger partial charge is 0.327 e. The van der Waals surface area contributed by atoms with Crippen molar-refractivity contribution in [1.82, 2.24) is 39.7 Å². The number of aromatic nitrogens is 8. The molecule has 0 aliphatic rings. The summed E-state index contributed by atoms with van der Waals surface area (Å²) in [5, 5.41) is 14.6. The Labute approximate surface area is 225 Å². The Morgan fingerprint density at radius 2 is 1.54 bits per heavy atom. The molecule has 4 aromatic carbocycles. The highest BCUT2D eigenvalue weighted by Crippen LogP contribution is 2.36. The number of hydrogen-bond acceptors (Lipinski definition) is 5. The van der Waals surface area contributed by atoms with Crippen LogP contribution in [0.3, 0.4) is 0 Å². The Bertz CT molecular complexity index is 1980. The van der Waals surface area contributed by atoms with Gasteiger partial charge in [0, 0.05) is 24.6 Å². The summed E-state index contributed by atoms with van der Waals surface area (Å²) in [6.45, 7) is 4.32. The molecule has 1 N–H and O–H groups in total. The van der Waals surface area contributed by atoms with Gasteiger partial charge in [0.25, 0.3) is 0 Å².